The number of benzene rings is 2. The van der Waals surface area contributed by atoms with Crippen LogP contribution < -0.4 is 10.4 Å². The Balaban J connectivity index is 1.22. The number of hydrogen-bond donors (Lipinski definition) is 1. The van der Waals surface area contributed by atoms with E-state index in [0.29, 0.717) is 12.0 Å². The van der Waals surface area contributed by atoms with Crippen LogP contribution in [0, 0.1) is 0 Å². The van der Waals surface area contributed by atoms with E-state index in [-0.39, 0.29) is 23.9 Å². The van der Waals surface area contributed by atoms with Gasteiger partial charge in [0, 0.05) is 56.6 Å². The molecule has 2 aliphatic heterocycles. The molecule has 8 nitrogen and oxygen atoms in total. The van der Waals surface area contributed by atoms with Gasteiger partial charge >= 0.3 is 0 Å². The average molecular weight is 497 g/mol. The minimum Gasteiger partial charge on any atom is -0.369 e. The summed E-state index contributed by atoms with van der Waals surface area (Å²) in [4.78, 5) is 21.8. The van der Waals surface area contributed by atoms with Gasteiger partial charge in [-0.15, -0.1) is 0 Å². The van der Waals surface area contributed by atoms with Crippen molar-refractivity contribution >= 4 is 21.6 Å². The van der Waals surface area contributed by atoms with Crippen LogP contribution in [0.5, 0.6) is 0 Å². The number of piperazine rings is 1. The number of carbonyl (C=O) groups excluding carboxylic acids is 1. The zero-order valence-corrected chi connectivity index (χ0v) is 20.8. The van der Waals surface area contributed by atoms with Gasteiger partial charge in [0.1, 0.15) is 0 Å². The smallest absolute Gasteiger partial charge is 0.270 e. The molecule has 1 N–H and O–H groups in total. The molecule has 0 aromatic heterocycles. The number of hydroxylamine groups is 1. The van der Waals surface area contributed by atoms with E-state index >= 15 is 0 Å². The fraction of sp³-hybridized carbons (Fsp3) is 0.423. The van der Waals surface area contributed by atoms with Crippen molar-refractivity contribution in [2.24, 2.45) is 0 Å². The normalized spacial score (nSPS) is 19.9. The first-order valence-corrected chi connectivity index (χ1v) is 13.6. The van der Waals surface area contributed by atoms with Crippen molar-refractivity contribution in [2.75, 3.05) is 51.3 Å². The maximum absolute atomic E-state index is 13.1. The zero-order chi connectivity index (χ0) is 24.4. The molecule has 35 heavy (non-hydrogen) atoms. The van der Waals surface area contributed by atoms with Gasteiger partial charge in [0.2, 0.25) is 10.0 Å². The number of carbonyl (C=O) groups is 1. The molecule has 0 unspecified atom stereocenters. The van der Waals surface area contributed by atoms with Crippen LogP contribution >= 0.6 is 0 Å². The van der Waals surface area contributed by atoms with Crippen molar-refractivity contribution < 1.29 is 18.0 Å². The van der Waals surface area contributed by atoms with E-state index in [1.54, 1.807) is 18.2 Å². The highest BCUT2D eigenvalue weighted by atomic mass is 32.2. The Morgan fingerprint density at radius 3 is 2.09 bits per heavy atom. The Labute approximate surface area is 207 Å². The molecule has 0 bridgehead atoms. The SMILES string of the molecule is CONC(=O)C1=CCN(S(=O)(=O)c2ccc(-c3ccc(N4CCN(C5CC5)CC4)cc3)cc2)CC1. The van der Waals surface area contributed by atoms with Crippen molar-refractivity contribution in [1.82, 2.24) is 14.7 Å². The van der Waals surface area contributed by atoms with Crippen LogP contribution in [0.4, 0.5) is 5.69 Å². The van der Waals surface area contributed by atoms with Crippen LogP contribution in [0.1, 0.15) is 19.3 Å². The van der Waals surface area contributed by atoms with Crippen LogP contribution in [0.2, 0.25) is 0 Å². The predicted molar refractivity (Wildman–Crippen MR) is 135 cm³/mol. The minimum absolute atomic E-state index is 0.160. The van der Waals surface area contributed by atoms with Gasteiger partial charge in [-0.1, -0.05) is 30.3 Å². The summed E-state index contributed by atoms with van der Waals surface area (Å²) in [6, 6.07) is 16.4. The predicted octanol–water partition coefficient (Wildman–Crippen LogP) is 2.64. The average Bonchev–Trinajstić information content (AvgIpc) is 3.75. The van der Waals surface area contributed by atoms with E-state index in [9.17, 15) is 13.2 Å². The quantitative estimate of drug-likeness (QED) is 0.594. The summed E-state index contributed by atoms with van der Waals surface area (Å²) >= 11 is 0. The van der Waals surface area contributed by atoms with Crippen LogP contribution in [0.3, 0.4) is 0 Å². The lowest BCUT2D eigenvalue weighted by Crippen LogP contribution is -2.47. The van der Waals surface area contributed by atoms with Gasteiger partial charge in [0.05, 0.1) is 12.0 Å². The largest absolute Gasteiger partial charge is 0.369 e. The third-order valence-corrected chi connectivity index (χ3v) is 8.97. The number of anilines is 1. The Bertz CT molecular complexity index is 1180. The second-order valence-electron chi connectivity index (χ2n) is 9.30. The number of rotatable bonds is 7. The van der Waals surface area contributed by atoms with Gasteiger partial charge in [0.15, 0.2) is 0 Å². The molecule has 186 valence electrons. The van der Waals surface area contributed by atoms with Crippen molar-refractivity contribution in [3.63, 3.8) is 0 Å². The molecule has 1 amide bonds. The molecule has 2 heterocycles. The first kappa shape index (κ1) is 24.0. The van der Waals surface area contributed by atoms with E-state index < -0.39 is 10.0 Å². The third-order valence-electron chi connectivity index (χ3n) is 7.09. The lowest BCUT2D eigenvalue weighted by Gasteiger charge is -2.36. The summed E-state index contributed by atoms with van der Waals surface area (Å²) in [5, 5.41) is 0. The van der Waals surface area contributed by atoms with Gasteiger partial charge in [-0.05, 0) is 54.7 Å². The van der Waals surface area contributed by atoms with Crippen LogP contribution in [-0.2, 0) is 19.7 Å². The molecule has 2 aromatic carbocycles. The number of sulfonamides is 1. The lowest BCUT2D eigenvalue weighted by atomic mass is 10.1. The molecule has 3 aliphatic rings. The Morgan fingerprint density at radius 1 is 0.914 bits per heavy atom. The molecular weight excluding hydrogens is 464 g/mol. The Hall–Kier alpha value is -2.72. The molecule has 1 aliphatic carbocycles. The molecule has 5 rings (SSSR count). The third kappa shape index (κ3) is 5.28. The molecule has 2 fully saturated rings. The maximum Gasteiger partial charge on any atom is 0.270 e. The maximum atomic E-state index is 13.1. The summed E-state index contributed by atoms with van der Waals surface area (Å²) in [6.45, 7) is 4.81. The second kappa shape index (κ2) is 10.1. The molecule has 0 spiro atoms. The lowest BCUT2D eigenvalue weighted by molar-refractivity contribution is -0.127. The summed E-state index contributed by atoms with van der Waals surface area (Å²) in [6.07, 6.45) is 4.70. The molecule has 0 atom stereocenters. The van der Waals surface area contributed by atoms with E-state index in [1.165, 1.54) is 29.9 Å². The van der Waals surface area contributed by atoms with Gasteiger partial charge in [-0.2, -0.15) is 4.31 Å². The zero-order valence-electron chi connectivity index (χ0n) is 20.0. The first-order valence-electron chi connectivity index (χ1n) is 12.2. The van der Waals surface area contributed by atoms with Crippen molar-refractivity contribution in [1.29, 1.82) is 0 Å². The van der Waals surface area contributed by atoms with Crippen molar-refractivity contribution in [3.8, 4) is 11.1 Å². The molecule has 1 saturated heterocycles. The van der Waals surface area contributed by atoms with E-state index in [4.69, 9.17) is 0 Å². The van der Waals surface area contributed by atoms with E-state index in [1.807, 2.05) is 12.1 Å². The highest BCUT2D eigenvalue weighted by molar-refractivity contribution is 7.89. The fourth-order valence-electron chi connectivity index (χ4n) is 4.85. The molecule has 2 aromatic rings. The highest BCUT2D eigenvalue weighted by Gasteiger charge is 2.31. The van der Waals surface area contributed by atoms with Crippen LogP contribution in [0.15, 0.2) is 65.1 Å². The second-order valence-corrected chi connectivity index (χ2v) is 11.2. The standard InChI is InChI=1S/C26H32N4O4S/c1-34-27-26(31)22-12-14-30(15-13-22)35(32,33)25-10-4-21(5-11-25)20-2-6-23(7-3-20)28-16-18-29(19-17-28)24-8-9-24/h2-7,10-12,24H,8-9,13-19H2,1H3,(H,27,31). The molecular formula is C26H32N4O4S. The van der Waals surface area contributed by atoms with Gasteiger partial charge < -0.3 is 4.90 Å². The Morgan fingerprint density at radius 2 is 1.54 bits per heavy atom. The van der Waals surface area contributed by atoms with Gasteiger partial charge in [0.25, 0.3) is 5.91 Å². The number of hydrogen-bond acceptors (Lipinski definition) is 6. The summed E-state index contributed by atoms with van der Waals surface area (Å²) in [7, 11) is -2.27. The number of nitrogens with one attached hydrogen (secondary N) is 1. The molecule has 0 radical (unpaired) electrons. The van der Waals surface area contributed by atoms with Crippen molar-refractivity contribution in [2.45, 2.75) is 30.2 Å². The van der Waals surface area contributed by atoms with Gasteiger partial charge in [-0.25, -0.2) is 13.9 Å². The summed E-state index contributed by atoms with van der Waals surface area (Å²) < 4.78 is 27.6. The summed E-state index contributed by atoms with van der Waals surface area (Å²) in [5.74, 6) is -0.333. The first-order chi connectivity index (χ1) is 17.0. The van der Waals surface area contributed by atoms with Crippen LogP contribution in [-0.4, -0.2) is 76.0 Å². The molecule has 9 heteroatoms. The van der Waals surface area contributed by atoms with Crippen molar-refractivity contribution in [3.05, 3.63) is 60.2 Å². The fourth-order valence-corrected chi connectivity index (χ4v) is 6.23. The topological polar surface area (TPSA) is 82.2 Å². The van der Waals surface area contributed by atoms with E-state index in [2.05, 4.69) is 44.4 Å². The number of nitrogens with zero attached hydrogens (tertiary/aromatic N) is 3. The molecule has 1 saturated carbocycles. The monoisotopic (exact) mass is 496 g/mol. The Kier molecular flexibility index (Phi) is 6.93. The highest BCUT2D eigenvalue weighted by Crippen LogP contribution is 2.30. The van der Waals surface area contributed by atoms with Gasteiger partial charge in [-0.3, -0.25) is 14.5 Å². The van der Waals surface area contributed by atoms with E-state index in [0.717, 1.165) is 43.3 Å². The summed E-state index contributed by atoms with van der Waals surface area (Å²) in [5.41, 5.74) is 6.08. The van der Waals surface area contributed by atoms with Crippen LogP contribution in [0.25, 0.3) is 11.1 Å². The minimum atomic E-state index is -3.63. The number of amides is 1.